The molecule has 2 aromatic rings. The molecule has 13 heteroatoms. The van der Waals surface area contributed by atoms with Gasteiger partial charge in [0.05, 0.1) is 5.92 Å². The molecule has 12 nitrogen and oxygen atoms in total. The number of rotatable bonds is 12. The highest BCUT2D eigenvalue weighted by Gasteiger charge is 2.34. The standard InChI is InChI=1S/C25H35N7O5S/c1-25(2,3)18(22(34)37-32-24(35)36-16-17-9-5-4-6-10-17)15-29-20(33)21-31-30-19(38-21)11-7-8-12-26-23-27-13-14-28-23/h4-6,9-10,13,18,23,26,28H,7-8,11-12,14-16H2,1-3H3,(H,29,33)(H,32,35)/t18?,23-/m0/s1. The van der Waals surface area contributed by atoms with Crippen LogP contribution in [0.2, 0.25) is 0 Å². The highest BCUT2D eigenvalue weighted by Crippen LogP contribution is 2.26. The molecular weight excluding hydrogens is 510 g/mol. The van der Waals surface area contributed by atoms with Crippen LogP contribution in [0.25, 0.3) is 0 Å². The molecule has 0 radical (unpaired) electrons. The molecule has 206 valence electrons. The van der Waals surface area contributed by atoms with Gasteiger partial charge < -0.3 is 14.9 Å². The first-order chi connectivity index (χ1) is 18.2. The molecule has 2 heterocycles. The number of benzene rings is 1. The molecule has 1 unspecified atom stereocenters. The molecule has 38 heavy (non-hydrogen) atoms. The number of carbonyl (C=O) groups excluding carboxylic acids is 3. The molecule has 0 fully saturated rings. The molecule has 1 aliphatic heterocycles. The largest absolute Gasteiger partial charge is 0.443 e. The highest BCUT2D eigenvalue weighted by atomic mass is 32.1. The SMILES string of the molecule is CC(C)(C)C(CNC(=O)c1nnc(CCCCN[C@H]2N=CCN2)s1)C(=O)ONC(=O)OCc1ccccc1. The van der Waals surface area contributed by atoms with Gasteiger partial charge in [0.1, 0.15) is 11.6 Å². The van der Waals surface area contributed by atoms with Gasteiger partial charge in [-0.15, -0.1) is 15.7 Å². The molecule has 0 saturated heterocycles. The van der Waals surface area contributed by atoms with Gasteiger partial charge in [0.25, 0.3) is 5.91 Å². The van der Waals surface area contributed by atoms with Crippen molar-refractivity contribution in [2.45, 2.75) is 52.9 Å². The number of aromatic nitrogens is 2. The molecular formula is C25H35N7O5S. The lowest BCUT2D eigenvalue weighted by molar-refractivity contribution is -0.158. The molecule has 1 aromatic carbocycles. The van der Waals surface area contributed by atoms with Crippen LogP contribution in [0.5, 0.6) is 0 Å². The zero-order valence-electron chi connectivity index (χ0n) is 21.9. The van der Waals surface area contributed by atoms with Crippen molar-refractivity contribution in [2.24, 2.45) is 16.3 Å². The van der Waals surface area contributed by atoms with Crippen LogP contribution in [0.3, 0.4) is 0 Å². The van der Waals surface area contributed by atoms with Gasteiger partial charge in [-0.05, 0) is 30.4 Å². The van der Waals surface area contributed by atoms with Crippen LogP contribution in [-0.4, -0.2) is 60.3 Å². The Morgan fingerprint density at radius 2 is 1.95 bits per heavy atom. The quantitative estimate of drug-likeness (QED) is 0.232. The third kappa shape index (κ3) is 9.80. The molecule has 0 spiro atoms. The average molecular weight is 546 g/mol. The fourth-order valence-electron chi connectivity index (χ4n) is 3.52. The van der Waals surface area contributed by atoms with Crippen molar-refractivity contribution in [1.82, 2.24) is 31.6 Å². The van der Waals surface area contributed by atoms with Crippen LogP contribution in [0, 0.1) is 11.3 Å². The molecule has 3 rings (SSSR count). The van der Waals surface area contributed by atoms with Crippen molar-refractivity contribution >= 4 is 35.5 Å². The smallest absolute Gasteiger partial charge is 0.441 e. The highest BCUT2D eigenvalue weighted by molar-refractivity contribution is 7.13. The van der Waals surface area contributed by atoms with Crippen LogP contribution in [0.4, 0.5) is 4.79 Å². The molecule has 1 aliphatic rings. The molecule has 4 N–H and O–H groups in total. The number of hydrogen-bond donors (Lipinski definition) is 4. The zero-order chi connectivity index (χ0) is 27.4. The number of hydroxylamine groups is 1. The fourth-order valence-corrected chi connectivity index (χ4v) is 4.31. The van der Waals surface area contributed by atoms with Crippen LogP contribution in [0.15, 0.2) is 35.3 Å². The molecule has 1 aromatic heterocycles. The monoisotopic (exact) mass is 545 g/mol. The van der Waals surface area contributed by atoms with Crippen molar-refractivity contribution in [1.29, 1.82) is 0 Å². The average Bonchev–Trinajstić information content (AvgIpc) is 3.58. The van der Waals surface area contributed by atoms with Gasteiger partial charge in [-0.2, -0.15) is 0 Å². The van der Waals surface area contributed by atoms with Gasteiger partial charge >= 0.3 is 12.1 Å². The van der Waals surface area contributed by atoms with Gasteiger partial charge in [0.15, 0.2) is 6.29 Å². The summed E-state index contributed by atoms with van der Waals surface area (Å²) in [5.41, 5.74) is 2.26. The second-order valence-corrected chi connectivity index (χ2v) is 10.8. The van der Waals surface area contributed by atoms with Crippen molar-refractivity contribution in [3.8, 4) is 0 Å². The Kier molecular flexibility index (Phi) is 11.1. The van der Waals surface area contributed by atoms with E-state index in [-0.39, 0.29) is 24.4 Å². The van der Waals surface area contributed by atoms with Crippen molar-refractivity contribution < 1.29 is 24.0 Å². The second kappa shape index (κ2) is 14.5. The minimum absolute atomic E-state index is 0.000175. The Balaban J connectivity index is 1.39. The van der Waals surface area contributed by atoms with E-state index in [1.807, 2.05) is 62.8 Å². The van der Waals surface area contributed by atoms with E-state index >= 15 is 0 Å². The van der Waals surface area contributed by atoms with E-state index in [0.29, 0.717) is 0 Å². The maximum absolute atomic E-state index is 12.7. The van der Waals surface area contributed by atoms with E-state index in [4.69, 9.17) is 9.57 Å². The van der Waals surface area contributed by atoms with E-state index < -0.39 is 29.3 Å². The van der Waals surface area contributed by atoms with Gasteiger partial charge in [0.2, 0.25) is 5.01 Å². The Morgan fingerprint density at radius 3 is 2.66 bits per heavy atom. The summed E-state index contributed by atoms with van der Waals surface area (Å²) >= 11 is 1.23. The lowest BCUT2D eigenvalue weighted by atomic mass is 9.80. The zero-order valence-corrected chi connectivity index (χ0v) is 22.7. The molecule has 2 atom stereocenters. The van der Waals surface area contributed by atoms with E-state index in [9.17, 15) is 14.4 Å². The number of nitrogens with one attached hydrogen (secondary N) is 4. The second-order valence-electron chi connectivity index (χ2n) is 9.77. The van der Waals surface area contributed by atoms with Crippen LogP contribution < -0.4 is 21.4 Å². The summed E-state index contributed by atoms with van der Waals surface area (Å²) in [6.45, 7) is 7.16. The normalized spacial score (nSPS) is 15.6. The Morgan fingerprint density at radius 1 is 1.16 bits per heavy atom. The minimum atomic E-state index is -0.889. The summed E-state index contributed by atoms with van der Waals surface area (Å²) in [5.74, 6) is -1.85. The van der Waals surface area contributed by atoms with Gasteiger partial charge in [-0.1, -0.05) is 62.4 Å². The number of hydrogen-bond acceptors (Lipinski definition) is 11. The Labute approximate surface area is 225 Å². The summed E-state index contributed by atoms with van der Waals surface area (Å²) in [6.07, 6.45) is 3.51. The van der Waals surface area contributed by atoms with E-state index in [0.717, 1.165) is 42.9 Å². The predicted octanol–water partition coefficient (Wildman–Crippen LogP) is 2.18. The van der Waals surface area contributed by atoms with Gasteiger partial charge in [-0.25, -0.2) is 9.59 Å². The molecule has 2 amide bonds. The number of nitrogens with zero attached hydrogens (tertiary/aromatic N) is 3. The lowest BCUT2D eigenvalue weighted by Gasteiger charge is -2.28. The molecule has 0 bridgehead atoms. The van der Waals surface area contributed by atoms with E-state index in [1.165, 1.54) is 11.3 Å². The Bertz CT molecular complexity index is 1090. The first-order valence-electron chi connectivity index (χ1n) is 12.5. The summed E-state index contributed by atoms with van der Waals surface area (Å²) in [5, 5.41) is 18.3. The van der Waals surface area contributed by atoms with Crippen molar-refractivity contribution in [3.05, 3.63) is 45.9 Å². The number of aryl methyl sites for hydroxylation is 1. The van der Waals surface area contributed by atoms with E-state index in [1.54, 1.807) is 0 Å². The van der Waals surface area contributed by atoms with Crippen molar-refractivity contribution in [3.63, 3.8) is 0 Å². The van der Waals surface area contributed by atoms with Crippen LogP contribution in [-0.2, 0) is 27.4 Å². The number of aliphatic imine (C=N–C) groups is 1. The summed E-state index contributed by atoms with van der Waals surface area (Å²) in [7, 11) is 0. The third-order valence-corrected chi connectivity index (χ3v) is 6.70. The van der Waals surface area contributed by atoms with E-state index in [2.05, 4.69) is 31.1 Å². The van der Waals surface area contributed by atoms with Crippen LogP contribution >= 0.6 is 11.3 Å². The summed E-state index contributed by atoms with van der Waals surface area (Å²) in [4.78, 5) is 46.5. The molecule has 0 saturated carbocycles. The van der Waals surface area contributed by atoms with Gasteiger partial charge in [-0.3, -0.25) is 20.4 Å². The minimum Gasteiger partial charge on any atom is -0.443 e. The van der Waals surface area contributed by atoms with Crippen LogP contribution in [0.1, 0.15) is 54.0 Å². The number of ether oxygens (including phenoxy) is 1. The predicted molar refractivity (Wildman–Crippen MR) is 142 cm³/mol. The number of amides is 2. The number of carbonyl (C=O) groups is 3. The maximum Gasteiger partial charge on any atom is 0.441 e. The summed E-state index contributed by atoms with van der Waals surface area (Å²) < 4.78 is 5.04. The maximum atomic E-state index is 12.7. The number of unbranched alkanes of at least 4 members (excludes halogenated alkanes) is 1. The Hall–Kier alpha value is -3.42. The van der Waals surface area contributed by atoms with Crippen molar-refractivity contribution in [2.75, 3.05) is 19.6 Å². The first kappa shape index (κ1) is 29.1. The molecule has 0 aliphatic carbocycles. The first-order valence-corrected chi connectivity index (χ1v) is 13.3. The van der Waals surface area contributed by atoms with Gasteiger partial charge in [0, 0.05) is 25.7 Å². The topological polar surface area (TPSA) is 156 Å². The summed E-state index contributed by atoms with van der Waals surface area (Å²) in [6, 6.07) is 9.12. The third-order valence-electron chi connectivity index (χ3n) is 5.72. The fraction of sp³-hybridized carbons (Fsp3) is 0.520. The lowest BCUT2D eigenvalue weighted by Crippen LogP contribution is -2.43.